The molecule has 0 atom stereocenters. The van der Waals surface area contributed by atoms with Gasteiger partial charge in [-0.05, 0) is 37.1 Å². The number of aromatic hydroxyl groups is 1. The molecular formula is C9H9NaO3. The van der Waals surface area contributed by atoms with Crippen molar-refractivity contribution >= 4 is 5.97 Å². The molecule has 13 heavy (non-hydrogen) atoms. The van der Waals surface area contributed by atoms with Crippen LogP contribution in [0, 0.1) is 13.8 Å². The van der Waals surface area contributed by atoms with E-state index in [1.165, 1.54) is 12.1 Å². The van der Waals surface area contributed by atoms with Crippen molar-refractivity contribution in [1.82, 2.24) is 0 Å². The summed E-state index contributed by atoms with van der Waals surface area (Å²) >= 11 is 0. The van der Waals surface area contributed by atoms with Crippen LogP contribution in [0.5, 0.6) is 5.75 Å². The van der Waals surface area contributed by atoms with Crippen molar-refractivity contribution in [3.8, 4) is 5.75 Å². The Kier molecular flexibility index (Phi) is 4.47. The molecule has 0 fully saturated rings. The minimum atomic E-state index is -1.35. The maximum absolute atomic E-state index is 10.4. The molecule has 0 aliphatic rings. The Hall–Kier alpha value is -0.510. The Balaban J connectivity index is 0.00000144. The fourth-order valence-corrected chi connectivity index (χ4v) is 0.964. The monoisotopic (exact) mass is 188 g/mol. The van der Waals surface area contributed by atoms with Crippen molar-refractivity contribution in [3.63, 3.8) is 0 Å². The van der Waals surface area contributed by atoms with Crippen molar-refractivity contribution in [1.29, 1.82) is 0 Å². The normalized spacial score (nSPS) is 9.08. The number of carboxylic acid groups (broad SMARTS) is 1. The Bertz CT molecular complexity index is 334. The summed E-state index contributed by atoms with van der Waals surface area (Å²) in [6, 6.07) is 2.82. The van der Waals surface area contributed by atoms with Gasteiger partial charge in [0.1, 0.15) is 5.75 Å². The van der Waals surface area contributed by atoms with Crippen molar-refractivity contribution in [3.05, 3.63) is 28.8 Å². The van der Waals surface area contributed by atoms with Gasteiger partial charge in [0.15, 0.2) is 0 Å². The van der Waals surface area contributed by atoms with Gasteiger partial charge in [0.05, 0.1) is 5.97 Å². The first-order valence-electron chi connectivity index (χ1n) is 3.54. The number of carbonyl (C=O) groups excluding carboxylic acids is 1. The third-order valence-corrected chi connectivity index (χ3v) is 1.83. The molecule has 4 heteroatoms. The second kappa shape index (κ2) is 4.65. The molecule has 0 aliphatic heterocycles. The average molecular weight is 188 g/mol. The molecule has 0 saturated carbocycles. The van der Waals surface area contributed by atoms with E-state index in [0.717, 1.165) is 11.1 Å². The first kappa shape index (κ1) is 12.5. The zero-order chi connectivity index (χ0) is 9.30. The van der Waals surface area contributed by atoms with E-state index in [-0.39, 0.29) is 40.9 Å². The van der Waals surface area contributed by atoms with Gasteiger partial charge < -0.3 is 15.0 Å². The standard InChI is InChI=1S/C9H10O3.Na/c1-5-3-7(9(11)12)8(10)4-6(5)2;/h3-4,10H,1-2H3,(H,11,12);/q;+1/p-1. The maximum atomic E-state index is 10.4. The minimum Gasteiger partial charge on any atom is -0.545 e. The summed E-state index contributed by atoms with van der Waals surface area (Å²) in [7, 11) is 0. The van der Waals surface area contributed by atoms with Gasteiger partial charge in [0.2, 0.25) is 0 Å². The zero-order valence-electron chi connectivity index (χ0n) is 7.92. The Morgan fingerprint density at radius 1 is 1.31 bits per heavy atom. The molecule has 0 saturated heterocycles. The van der Waals surface area contributed by atoms with E-state index in [2.05, 4.69) is 0 Å². The van der Waals surface area contributed by atoms with E-state index in [9.17, 15) is 9.90 Å². The molecule has 64 valence electrons. The topological polar surface area (TPSA) is 60.4 Å². The number of carboxylic acids is 1. The summed E-state index contributed by atoms with van der Waals surface area (Å²) in [5, 5.41) is 19.6. The van der Waals surface area contributed by atoms with Crippen LogP contribution >= 0.6 is 0 Å². The van der Waals surface area contributed by atoms with Gasteiger partial charge in [-0.25, -0.2) is 0 Å². The first-order chi connectivity index (χ1) is 5.52. The van der Waals surface area contributed by atoms with Crippen molar-refractivity contribution in [2.24, 2.45) is 0 Å². The number of benzene rings is 1. The number of carbonyl (C=O) groups is 1. The zero-order valence-corrected chi connectivity index (χ0v) is 9.92. The molecule has 3 nitrogen and oxygen atoms in total. The van der Waals surface area contributed by atoms with Gasteiger partial charge in [0, 0.05) is 5.56 Å². The number of aryl methyl sites for hydroxylation is 2. The van der Waals surface area contributed by atoms with Crippen molar-refractivity contribution < 1.29 is 44.6 Å². The molecule has 1 aromatic carbocycles. The van der Waals surface area contributed by atoms with E-state index in [4.69, 9.17) is 5.11 Å². The Morgan fingerprint density at radius 2 is 1.77 bits per heavy atom. The van der Waals surface area contributed by atoms with Crippen molar-refractivity contribution in [2.45, 2.75) is 13.8 Å². The summed E-state index contributed by atoms with van der Waals surface area (Å²) in [6.45, 7) is 3.58. The molecule has 0 amide bonds. The van der Waals surface area contributed by atoms with E-state index in [1.54, 1.807) is 13.8 Å². The third-order valence-electron chi connectivity index (χ3n) is 1.83. The summed E-state index contributed by atoms with van der Waals surface area (Å²) in [4.78, 5) is 10.4. The molecule has 0 spiro atoms. The van der Waals surface area contributed by atoms with Crippen molar-refractivity contribution in [2.75, 3.05) is 0 Å². The molecule has 0 unspecified atom stereocenters. The second-order valence-corrected chi connectivity index (χ2v) is 2.74. The fraction of sp³-hybridized carbons (Fsp3) is 0.222. The van der Waals surface area contributed by atoms with Gasteiger partial charge in [-0.3, -0.25) is 0 Å². The number of phenols is 1. The molecule has 1 aromatic rings. The number of hydrogen-bond donors (Lipinski definition) is 1. The molecule has 1 N–H and O–H groups in total. The van der Waals surface area contributed by atoms with Crippen LogP contribution in [0.1, 0.15) is 21.5 Å². The molecule has 0 aromatic heterocycles. The number of aromatic carboxylic acids is 1. The largest absolute Gasteiger partial charge is 1.00 e. The molecule has 0 heterocycles. The molecular weight excluding hydrogens is 179 g/mol. The summed E-state index contributed by atoms with van der Waals surface area (Å²) in [5.41, 5.74) is 1.53. The van der Waals surface area contributed by atoms with Crippen LogP contribution in [0.2, 0.25) is 0 Å². The van der Waals surface area contributed by atoms with Crippen LogP contribution in [0.4, 0.5) is 0 Å². The number of rotatable bonds is 1. The van der Waals surface area contributed by atoms with E-state index in [1.807, 2.05) is 0 Å². The average Bonchev–Trinajstić information content (AvgIpc) is 1.96. The van der Waals surface area contributed by atoms with Crippen LogP contribution in [0.3, 0.4) is 0 Å². The minimum absolute atomic E-state index is 0. The van der Waals surface area contributed by atoms with E-state index >= 15 is 0 Å². The van der Waals surface area contributed by atoms with Gasteiger partial charge >= 0.3 is 29.6 Å². The van der Waals surface area contributed by atoms with Gasteiger partial charge in [-0.1, -0.05) is 0 Å². The van der Waals surface area contributed by atoms with Gasteiger partial charge in [-0.15, -0.1) is 0 Å². The Morgan fingerprint density at radius 3 is 2.23 bits per heavy atom. The SMILES string of the molecule is Cc1cc(O)c(C(=O)[O-])cc1C.[Na+]. The summed E-state index contributed by atoms with van der Waals surface area (Å²) in [5.74, 6) is -1.59. The number of hydrogen-bond acceptors (Lipinski definition) is 3. The Labute approximate surface area is 98.7 Å². The van der Waals surface area contributed by atoms with Gasteiger partial charge in [-0.2, -0.15) is 0 Å². The quantitative estimate of drug-likeness (QED) is 0.491. The first-order valence-corrected chi connectivity index (χ1v) is 3.54. The fourth-order valence-electron chi connectivity index (χ4n) is 0.964. The third kappa shape index (κ3) is 2.72. The van der Waals surface area contributed by atoms with Crippen LogP contribution in [0.25, 0.3) is 0 Å². The summed E-state index contributed by atoms with van der Waals surface area (Å²) < 4.78 is 0. The predicted molar refractivity (Wildman–Crippen MR) is 41.9 cm³/mol. The molecule has 0 radical (unpaired) electrons. The van der Waals surface area contributed by atoms with Crippen LogP contribution < -0.4 is 34.7 Å². The predicted octanol–water partition coefficient (Wildman–Crippen LogP) is -2.62. The maximum Gasteiger partial charge on any atom is 1.00 e. The second-order valence-electron chi connectivity index (χ2n) is 2.74. The van der Waals surface area contributed by atoms with Gasteiger partial charge in [0.25, 0.3) is 0 Å². The van der Waals surface area contributed by atoms with Crippen LogP contribution in [0.15, 0.2) is 12.1 Å². The molecule has 0 aliphatic carbocycles. The van der Waals surface area contributed by atoms with E-state index in [0.29, 0.717) is 0 Å². The molecule has 1 rings (SSSR count). The smallest absolute Gasteiger partial charge is 0.545 e. The van der Waals surface area contributed by atoms with Crippen LogP contribution in [-0.4, -0.2) is 11.1 Å². The molecule has 0 bridgehead atoms. The van der Waals surface area contributed by atoms with Crippen LogP contribution in [-0.2, 0) is 0 Å². The summed E-state index contributed by atoms with van der Waals surface area (Å²) in [6.07, 6.45) is 0. The van der Waals surface area contributed by atoms with E-state index < -0.39 is 5.97 Å².